The van der Waals surface area contributed by atoms with E-state index in [0.717, 1.165) is 16.2 Å². The Labute approximate surface area is 156 Å². The van der Waals surface area contributed by atoms with Crippen LogP contribution in [0.2, 0.25) is 0 Å². The second-order valence-electron chi connectivity index (χ2n) is 5.77. The third kappa shape index (κ3) is 2.72. The summed E-state index contributed by atoms with van der Waals surface area (Å²) in [5.41, 5.74) is -0.217. The lowest BCUT2D eigenvalue weighted by molar-refractivity contribution is -0.117. The van der Waals surface area contributed by atoms with Gasteiger partial charge < -0.3 is 9.52 Å². The Balaban J connectivity index is 1.91. The molecule has 9 heteroatoms. The van der Waals surface area contributed by atoms with Gasteiger partial charge in [-0.2, -0.15) is 0 Å². The van der Waals surface area contributed by atoms with Crippen LogP contribution < -0.4 is 4.90 Å². The van der Waals surface area contributed by atoms with Crippen molar-refractivity contribution in [3.63, 3.8) is 0 Å². The average molecular weight is 385 g/mol. The largest absolute Gasteiger partial charge is 0.503 e. The monoisotopic (exact) mass is 385 g/mol. The number of benzene rings is 1. The number of amides is 1. The number of hydrogen-bond donors (Lipinski definition) is 1. The molecule has 2 aromatic heterocycles. The molecule has 3 heterocycles. The molecule has 1 aliphatic heterocycles. The van der Waals surface area contributed by atoms with Crippen molar-refractivity contribution in [2.75, 3.05) is 4.90 Å². The van der Waals surface area contributed by atoms with Crippen LogP contribution in [0.3, 0.4) is 0 Å². The summed E-state index contributed by atoms with van der Waals surface area (Å²) < 4.78 is 19.7. The van der Waals surface area contributed by atoms with E-state index in [2.05, 4.69) is 10.2 Å². The first-order valence-corrected chi connectivity index (χ1v) is 8.70. The molecule has 0 bridgehead atoms. The predicted molar refractivity (Wildman–Crippen MR) is 94.0 cm³/mol. The number of anilines is 1. The standard InChI is InChI=1S/C18H12FN3O4S/c1-9-20-21-18(27-9)22-14(10-5-2-3-6-11(10)19)13(16(24)17(22)25)15(23)12-7-4-8-26-12/h2-8,14,24H,1H3. The van der Waals surface area contributed by atoms with E-state index in [-0.39, 0.29) is 22.0 Å². The molecule has 0 saturated carbocycles. The first kappa shape index (κ1) is 17.1. The molecular formula is C18H12FN3O4S. The zero-order valence-electron chi connectivity index (χ0n) is 13.9. The van der Waals surface area contributed by atoms with E-state index in [1.54, 1.807) is 13.0 Å². The van der Waals surface area contributed by atoms with Gasteiger partial charge in [0.2, 0.25) is 10.9 Å². The molecule has 27 heavy (non-hydrogen) atoms. The number of carbonyl (C=O) groups excluding carboxylic acids is 2. The minimum atomic E-state index is -1.19. The first-order chi connectivity index (χ1) is 13.0. The molecule has 7 nitrogen and oxygen atoms in total. The summed E-state index contributed by atoms with van der Waals surface area (Å²) in [5.74, 6) is -3.02. The fourth-order valence-electron chi connectivity index (χ4n) is 2.95. The van der Waals surface area contributed by atoms with E-state index in [9.17, 15) is 19.1 Å². The topological polar surface area (TPSA) is 96.5 Å². The smallest absolute Gasteiger partial charge is 0.296 e. The van der Waals surface area contributed by atoms with Gasteiger partial charge in [-0.1, -0.05) is 29.5 Å². The van der Waals surface area contributed by atoms with Crippen molar-refractivity contribution in [1.29, 1.82) is 0 Å². The Morgan fingerprint density at radius 3 is 2.67 bits per heavy atom. The van der Waals surface area contributed by atoms with Crippen molar-refractivity contribution in [1.82, 2.24) is 10.2 Å². The van der Waals surface area contributed by atoms with Crippen LogP contribution in [0.15, 0.2) is 58.4 Å². The summed E-state index contributed by atoms with van der Waals surface area (Å²) in [5, 5.41) is 19.0. The fourth-order valence-corrected chi connectivity index (χ4v) is 3.66. The molecule has 136 valence electrons. The molecule has 3 aromatic rings. The van der Waals surface area contributed by atoms with Crippen molar-refractivity contribution in [2.24, 2.45) is 0 Å². The highest BCUT2D eigenvalue weighted by Gasteiger charge is 2.47. The van der Waals surface area contributed by atoms with Crippen LogP contribution in [0.4, 0.5) is 9.52 Å². The lowest BCUT2D eigenvalue weighted by atomic mass is 9.95. The van der Waals surface area contributed by atoms with Gasteiger partial charge in [0.05, 0.1) is 11.8 Å². The number of aliphatic hydroxyl groups excluding tert-OH is 1. The van der Waals surface area contributed by atoms with E-state index < -0.39 is 29.3 Å². The number of hydrogen-bond acceptors (Lipinski definition) is 7. The molecule has 1 atom stereocenters. The van der Waals surface area contributed by atoms with E-state index in [1.165, 1.54) is 36.6 Å². The number of furan rings is 1. The van der Waals surface area contributed by atoms with E-state index in [0.29, 0.717) is 5.01 Å². The number of aromatic nitrogens is 2. The first-order valence-electron chi connectivity index (χ1n) is 7.88. The molecular weight excluding hydrogens is 373 g/mol. The number of carbonyl (C=O) groups is 2. The lowest BCUT2D eigenvalue weighted by Gasteiger charge is -2.24. The maximum absolute atomic E-state index is 14.6. The summed E-state index contributed by atoms with van der Waals surface area (Å²) in [6, 6.07) is 7.46. The third-order valence-electron chi connectivity index (χ3n) is 4.12. The Bertz CT molecular complexity index is 1070. The van der Waals surface area contributed by atoms with Gasteiger partial charge in [0.25, 0.3) is 5.91 Å². The number of halogens is 1. The van der Waals surface area contributed by atoms with E-state index in [1.807, 2.05) is 0 Å². The summed E-state index contributed by atoms with van der Waals surface area (Å²) >= 11 is 1.09. The van der Waals surface area contributed by atoms with Gasteiger partial charge >= 0.3 is 0 Å². The maximum atomic E-state index is 14.6. The quantitative estimate of drug-likeness (QED) is 0.692. The lowest BCUT2D eigenvalue weighted by Crippen LogP contribution is -2.31. The Kier molecular flexibility index (Phi) is 4.08. The van der Waals surface area contributed by atoms with E-state index in [4.69, 9.17) is 4.42 Å². The van der Waals surface area contributed by atoms with Gasteiger partial charge in [-0.3, -0.25) is 14.5 Å². The van der Waals surface area contributed by atoms with Gasteiger partial charge in [0.15, 0.2) is 11.5 Å². The molecule has 0 spiro atoms. The molecule has 1 amide bonds. The number of aryl methyl sites for hydroxylation is 1. The maximum Gasteiger partial charge on any atom is 0.296 e. The zero-order valence-corrected chi connectivity index (χ0v) is 14.7. The van der Waals surface area contributed by atoms with Crippen LogP contribution in [0.25, 0.3) is 0 Å². The van der Waals surface area contributed by atoms with Gasteiger partial charge in [0, 0.05) is 5.56 Å². The van der Waals surface area contributed by atoms with Crippen LogP contribution in [0, 0.1) is 12.7 Å². The predicted octanol–water partition coefficient (Wildman–Crippen LogP) is 3.36. The zero-order chi connectivity index (χ0) is 19.1. The number of Topliss-reactive ketones (excluding diaryl/α,β-unsaturated/α-hetero) is 1. The highest BCUT2D eigenvalue weighted by molar-refractivity contribution is 7.15. The molecule has 4 rings (SSSR count). The Morgan fingerprint density at radius 2 is 2.04 bits per heavy atom. The minimum Gasteiger partial charge on any atom is -0.503 e. The van der Waals surface area contributed by atoms with Crippen molar-refractivity contribution >= 4 is 28.2 Å². The summed E-state index contributed by atoms with van der Waals surface area (Å²) in [4.78, 5) is 26.7. The minimum absolute atomic E-state index is 0.0534. The highest BCUT2D eigenvalue weighted by atomic mass is 32.1. The Morgan fingerprint density at radius 1 is 1.26 bits per heavy atom. The fraction of sp³-hybridized carbons (Fsp3) is 0.111. The molecule has 1 aromatic carbocycles. The average Bonchev–Trinajstić information content (AvgIpc) is 3.37. The van der Waals surface area contributed by atoms with Gasteiger partial charge in [0.1, 0.15) is 16.9 Å². The summed E-state index contributed by atoms with van der Waals surface area (Å²) in [7, 11) is 0. The Hall–Kier alpha value is -3.33. The van der Waals surface area contributed by atoms with Crippen LogP contribution in [-0.2, 0) is 4.79 Å². The number of nitrogens with zero attached hydrogens (tertiary/aromatic N) is 3. The van der Waals surface area contributed by atoms with Crippen molar-refractivity contribution in [3.8, 4) is 0 Å². The number of rotatable bonds is 4. The second kappa shape index (κ2) is 6.44. The molecule has 0 fully saturated rings. The van der Waals surface area contributed by atoms with Crippen LogP contribution in [-0.4, -0.2) is 27.0 Å². The number of aliphatic hydroxyl groups is 1. The van der Waals surface area contributed by atoms with Gasteiger partial charge in [-0.25, -0.2) is 4.39 Å². The molecule has 0 saturated heterocycles. The van der Waals surface area contributed by atoms with Crippen LogP contribution in [0.5, 0.6) is 0 Å². The van der Waals surface area contributed by atoms with Crippen molar-refractivity contribution in [2.45, 2.75) is 13.0 Å². The molecule has 0 radical (unpaired) electrons. The SMILES string of the molecule is Cc1nnc(N2C(=O)C(O)=C(C(=O)c3ccco3)C2c2ccccc2F)s1. The molecule has 1 unspecified atom stereocenters. The number of ketones is 1. The van der Waals surface area contributed by atoms with Crippen molar-refractivity contribution < 1.29 is 23.5 Å². The highest BCUT2D eigenvalue weighted by Crippen LogP contribution is 2.43. The summed E-state index contributed by atoms with van der Waals surface area (Å²) in [6.07, 6.45) is 1.30. The van der Waals surface area contributed by atoms with Crippen LogP contribution >= 0.6 is 11.3 Å². The van der Waals surface area contributed by atoms with E-state index >= 15 is 0 Å². The molecule has 0 aliphatic carbocycles. The molecule has 1 aliphatic rings. The van der Waals surface area contributed by atoms with Crippen molar-refractivity contribution in [3.05, 3.63) is 76.1 Å². The third-order valence-corrected chi connectivity index (χ3v) is 4.96. The second-order valence-corrected chi connectivity index (χ2v) is 6.93. The van der Waals surface area contributed by atoms with Gasteiger partial charge in [-0.15, -0.1) is 10.2 Å². The summed E-state index contributed by atoms with van der Waals surface area (Å²) in [6.45, 7) is 1.70. The van der Waals surface area contributed by atoms with Gasteiger partial charge in [-0.05, 0) is 25.1 Å². The normalized spacial score (nSPS) is 17.0. The van der Waals surface area contributed by atoms with Crippen LogP contribution in [0.1, 0.15) is 27.2 Å². The molecule has 1 N–H and O–H groups in total.